The Labute approximate surface area is 121 Å². The van der Waals surface area contributed by atoms with Crippen LogP contribution in [0.5, 0.6) is 0 Å². The average Bonchev–Trinajstić information content (AvgIpc) is 2.43. The van der Waals surface area contributed by atoms with Gasteiger partial charge in [-0.05, 0) is 25.1 Å². The molecule has 2 rings (SSSR count). The number of nitrogens with one attached hydrogen (secondary N) is 2. The topological polar surface area (TPSA) is 54.0 Å². The molecule has 0 bridgehead atoms. The van der Waals surface area contributed by atoms with Crippen LogP contribution in [0.2, 0.25) is 5.02 Å². The average molecular weight is 294 g/mol. The Balaban J connectivity index is 2.24. The molecule has 1 aromatic heterocycles. The molecule has 0 aliphatic rings. The van der Waals surface area contributed by atoms with Crippen LogP contribution >= 0.6 is 11.6 Å². The van der Waals surface area contributed by atoms with Crippen LogP contribution in [-0.2, 0) is 0 Å². The molecule has 0 saturated carbocycles. The van der Waals surface area contributed by atoms with Crippen molar-refractivity contribution in [3.8, 4) is 0 Å². The van der Waals surface area contributed by atoms with Crippen molar-refractivity contribution in [1.82, 2.24) is 4.98 Å². The number of carbonyl (C=O) groups excluding carboxylic acids is 1. The molecule has 0 spiro atoms. The Kier molecular flexibility index (Phi) is 4.20. The molecule has 6 heteroatoms. The van der Waals surface area contributed by atoms with Crippen molar-refractivity contribution in [2.45, 2.75) is 6.92 Å². The summed E-state index contributed by atoms with van der Waals surface area (Å²) in [5.74, 6) is -0.273. The van der Waals surface area contributed by atoms with E-state index < -0.39 is 5.91 Å². The summed E-state index contributed by atoms with van der Waals surface area (Å²) in [5, 5.41) is 5.78. The van der Waals surface area contributed by atoms with Crippen molar-refractivity contribution < 1.29 is 9.18 Å². The van der Waals surface area contributed by atoms with Gasteiger partial charge < -0.3 is 10.6 Å². The van der Waals surface area contributed by atoms with E-state index in [4.69, 9.17) is 11.6 Å². The number of halogens is 2. The summed E-state index contributed by atoms with van der Waals surface area (Å²) >= 11 is 5.97. The lowest BCUT2D eigenvalue weighted by molar-refractivity contribution is 0.102. The maximum atomic E-state index is 13.4. The van der Waals surface area contributed by atoms with Gasteiger partial charge in [0.15, 0.2) is 0 Å². The van der Waals surface area contributed by atoms with Gasteiger partial charge >= 0.3 is 0 Å². The molecule has 1 amide bonds. The second-order valence-corrected chi connectivity index (χ2v) is 4.58. The number of nitrogens with zero attached hydrogens (tertiary/aromatic N) is 1. The van der Waals surface area contributed by atoms with Gasteiger partial charge in [0.05, 0.1) is 10.6 Å². The molecule has 2 N–H and O–H groups in total. The largest absolute Gasteiger partial charge is 0.372 e. The predicted molar refractivity (Wildman–Crippen MR) is 77.9 cm³/mol. The zero-order valence-corrected chi connectivity index (χ0v) is 11.8. The number of amides is 1. The molecule has 4 nitrogen and oxygen atoms in total. The molecular formula is C14H13ClFN3O. The summed E-state index contributed by atoms with van der Waals surface area (Å²) in [4.78, 5) is 16.1. The minimum Gasteiger partial charge on any atom is -0.372 e. The maximum absolute atomic E-state index is 13.4. The van der Waals surface area contributed by atoms with E-state index in [-0.39, 0.29) is 5.82 Å². The molecule has 0 saturated heterocycles. The van der Waals surface area contributed by atoms with Gasteiger partial charge in [-0.1, -0.05) is 17.7 Å². The molecule has 1 heterocycles. The van der Waals surface area contributed by atoms with Crippen LogP contribution in [0.3, 0.4) is 0 Å². The Morgan fingerprint density at radius 3 is 2.80 bits per heavy atom. The Morgan fingerprint density at radius 1 is 1.40 bits per heavy atom. The van der Waals surface area contributed by atoms with Crippen LogP contribution in [0.25, 0.3) is 0 Å². The lowest BCUT2D eigenvalue weighted by atomic mass is 10.1. The number of carbonyl (C=O) groups is 1. The van der Waals surface area contributed by atoms with Crippen LogP contribution in [-0.4, -0.2) is 17.9 Å². The third kappa shape index (κ3) is 2.88. The van der Waals surface area contributed by atoms with E-state index >= 15 is 0 Å². The minimum absolute atomic E-state index is 0.303. The van der Waals surface area contributed by atoms with Gasteiger partial charge in [-0.25, -0.2) is 9.37 Å². The molecule has 20 heavy (non-hydrogen) atoms. The van der Waals surface area contributed by atoms with Gasteiger partial charge in [-0.2, -0.15) is 0 Å². The van der Waals surface area contributed by atoms with E-state index in [1.807, 2.05) is 0 Å². The van der Waals surface area contributed by atoms with Crippen LogP contribution in [0.1, 0.15) is 15.9 Å². The lowest BCUT2D eigenvalue weighted by Gasteiger charge is -2.09. The van der Waals surface area contributed by atoms with E-state index in [2.05, 4.69) is 15.6 Å². The normalized spacial score (nSPS) is 10.2. The van der Waals surface area contributed by atoms with Crippen molar-refractivity contribution in [3.05, 3.63) is 52.4 Å². The summed E-state index contributed by atoms with van der Waals surface area (Å²) in [5.41, 5.74) is 1.10. The van der Waals surface area contributed by atoms with Gasteiger partial charge in [0.1, 0.15) is 11.6 Å². The van der Waals surface area contributed by atoms with Crippen LogP contribution in [0.4, 0.5) is 15.9 Å². The third-order valence-electron chi connectivity index (χ3n) is 2.86. The van der Waals surface area contributed by atoms with Crippen molar-refractivity contribution in [2.24, 2.45) is 0 Å². The molecule has 0 radical (unpaired) electrons. The van der Waals surface area contributed by atoms with Crippen LogP contribution in [0, 0.1) is 12.7 Å². The number of hydrogen-bond donors (Lipinski definition) is 2. The fraction of sp³-hybridized carbons (Fsp3) is 0.143. The van der Waals surface area contributed by atoms with E-state index in [0.29, 0.717) is 27.7 Å². The fourth-order valence-electron chi connectivity index (χ4n) is 1.68. The monoisotopic (exact) mass is 293 g/mol. The van der Waals surface area contributed by atoms with Gasteiger partial charge in [-0.15, -0.1) is 0 Å². The zero-order chi connectivity index (χ0) is 14.7. The smallest absolute Gasteiger partial charge is 0.257 e. The number of anilines is 2. The van der Waals surface area contributed by atoms with Crippen molar-refractivity contribution in [1.29, 1.82) is 0 Å². The summed E-state index contributed by atoms with van der Waals surface area (Å²) in [6.45, 7) is 1.60. The van der Waals surface area contributed by atoms with Crippen molar-refractivity contribution in [3.63, 3.8) is 0 Å². The minimum atomic E-state index is -0.393. The predicted octanol–water partition coefficient (Wildman–Crippen LogP) is 3.48. The summed E-state index contributed by atoms with van der Waals surface area (Å²) < 4.78 is 13.4. The molecular weight excluding hydrogens is 281 g/mol. The Bertz CT molecular complexity index is 661. The molecule has 0 atom stereocenters. The Morgan fingerprint density at radius 2 is 2.15 bits per heavy atom. The van der Waals surface area contributed by atoms with Crippen molar-refractivity contribution in [2.75, 3.05) is 17.7 Å². The van der Waals surface area contributed by atoms with Gasteiger partial charge in [0, 0.05) is 24.5 Å². The molecule has 104 valence electrons. The highest BCUT2D eigenvalue weighted by atomic mass is 35.5. The molecule has 0 aliphatic heterocycles. The first kappa shape index (κ1) is 14.3. The third-order valence-corrected chi connectivity index (χ3v) is 3.14. The lowest BCUT2D eigenvalue weighted by Crippen LogP contribution is -2.13. The highest BCUT2D eigenvalue weighted by molar-refractivity contribution is 6.33. The zero-order valence-electron chi connectivity index (χ0n) is 11.0. The van der Waals surface area contributed by atoms with Gasteiger partial charge in [0.2, 0.25) is 0 Å². The maximum Gasteiger partial charge on any atom is 0.257 e. The summed E-state index contributed by atoms with van der Waals surface area (Å²) in [6, 6.07) is 6.01. The molecule has 0 unspecified atom stereocenters. The second-order valence-electron chi connectivity index (χ2n) is 4.17. The second kappa shape index (κ2) is 5.88. The first-order valence-corrected chi connectivity index (χ1v) is 6.30. The SMILES string of the molecule is CNc1ncc(C(=O)Nc2cccc(F)c2C)cc1Cl. The number of rotatable bonds is 3. The first-order chi connectivity index (χ1) is 9.52. The molecule has 0 aliphatic carbocycles. The molecule has 1 aromatic carbocycles. The highest BCUT2D eigenvalue weighted by Gasteiger charge is 2.12. The van der Waals surface area contributed by atoms with Crippen LogP contribution < -0.4 is 10.6 Å². The number of pyridine rings is 1. The Hall–Kier alpha value is -2.14. The fourth-order valence-corrected chi connectivity index (χ4v) is 1.94. The molecule has 2 aromatic rings. The summed E-state index contributed by atoms with van der Waals surface area (Å²) in [6.07, 6.45) is 1.40. The van der Waals surface area contributed by atoms with E-state index in [0.717, 1.165) is 0 Å². The highest BCUT2D eigenvalue weighted by Crippen LogP contribution is 2.21. The standard InChI is InChI=1S/C14H13ClFN3O/c1-8-11(16)4-3-5-12(8)19-14(20)9-6-10(15)13(17-2)18-7-9/h3-7H,1-2H3,(H,17,18)(H,19,20). The quantitative estimate of drug-likeness (QED) is 0.911. The van der Waals surface area contributed by atoms with E-state index in [1.165, 1.54) is 24.4 Å². The number of hydrogen-bond acceptors (Lipinski definition) is 3. The number of aromatic nitrogens is 1. The van der Waals surface area contributed by atoms with Gasteiger partial charge in [-0.3, -0.25) is 4.79 Å². The van der Waals surface area contributed by atoms with E-state index in [9.17, 15) is 9.18 Å². The van der Waals surface area contributed by atoms with Crippen molar-refractivity contribution >= 4 is 29.0 Å². The van der Waals surface area contributed by atoms with Crippen LogP contribution in [0.15, 0.2) is 30.5 Å². The van der Waals surface area contributed by atoms with Gasteiger partial charge in [0.25, 0.3) is 5.91 Å². The molecule has 0 fully saturated rings. The summed E-state index contributed by atoms with van der Waals surface area (Å²) in [7, 11) is 1.68. The van der Waals surface area contributed by atoms with E-state index in [1.54, 1.807) is 20.0 Å². The number of benzene rings is 1. The first-order valence-electron chi connectivity index (χ1n) is 5.92.